The molecule has 0 heterocycles. The van der Waals surface area contributed by atoms with Crippen LogP contribution in [0.3, 0.4) is 0 Å². The zero-order chi connectivity index (χ0) is 12.3. The number of hydrogen-bond donors (Lipinski definition) is 1. The van der Waals surface area contributed by atoms with E-state index < -0.39 is 0 Å². The molecule has 2 heteroatoms. The molecular formula is C15H27NO. The van der Waals surface area contributed by atoms with Gasteiger partial charge < -0.3 is 5.73 Å². The number of carbonyl (C=O) groups is 1. The van der Waals surface area contributed by atoms with Crippen LogP contribution in [0.1, 0.15) is 71.1 Å². The highest BCUT2D eigenvalue weighted by Crippen LogP contribution is 2.36. The van der Waals surface area contributed by atoms with Crippen molar-refractivity contribution in [3.05, 3.63) is 0 Å². The summed E-state index contributed by atoms with van der Waals surface area (Å²) in [5, 5.41) is 0. The van der Waals surface area contributed by atoms with Crippen molar-refractivity contribution in [2.75, 3.05) is 0 Å². The van der Waals surface area contributed by atoms with E-state index in [-0.39, 0.29) is 5.54 Å². The minimum atomic E-state index is -0.143. The van der Waals surface area contributed by atoms with Gasteiger partial charge in [0, 0.05) is 17.9 Å². The van der Waals surface area contributed by atoms with Crippen molar-refractivity contribution in [1.29, 1.82) is 0 Å². The second kappa shape index (κ2) is 5.51. The number of hydrogen-bond acceptors (Lipinski definition) is 2. The van der Waals surface area contributed by atoms with Gasteiger partial charge >= 0.3 is 0 Å². The normalized spacial score (nSPS) is 32.6. The van der Waals surface area contributed by atoms with Gasteiger partial charge in [-0.05, 0) is 31.6 Å². The Balaban J connectivity index is 1.86. The zero-order valence-corrected chi connectivity index (χ0v) is 11.2. The van der Waals surface area contributed by atoms with Crippen LogP contribution in [0.5, 0.6) is 0 Å². The van der Waals surface area contributed by atoms with Crippen molar-refractivity contribution in [3.63, 3.8) is 0 Å². The predicted molar refractivity (Wildman–Crippen MR) is 70.7 cm³/mol. The molecule has 0 amide bonds. The molecule has 0 aromatic heterocycles. The van der Waals surface area contributed by atoms with Crippen molar-refractivity contribution < 1.29 is 4.79 Å². The first-order valence-electron chi connectivity index (χ1n) is 7.44. The Bertz CT molecular complexity index is 268. The van der Waals surface area contributed by atoms with Crippen molar-refractivity contribution in [1.82, 2.24) is 0 Å². The molecule has 2 rings (SSSR count). The lowest BCUT2D eigenvalue weighted by Gasteiger charge is -2.30. The standard InChI is InChI=1S/C15H27NO/c1-2-12-6-5-7-13(10-12)14(17)11-15(16)8-3-4-9-15/h12-13H,2-11,16H2,1H3. The lowest BCUT2D eigenvalue weighted by atomic mass is 9.75. The maximum absolute atomic E-state index is 12.3. The second-order valence-corrected chi connectivity index (χ2v) is 6.35. The summed E-state index contributed by atoms with van der Waals surface area (Å²) >= 11 is 0. The molecule has 0 aromatic carbocycles. The fraction of sp³-hybridized carbons (Fsp3) is 0.933. The van der Waals surface area contributed by atoms with E-state index in [9.17, 15) is 4.79 Å². The Morgan fingerprint density at radius 1 is 1.24 bits per heavy atom. The van der Waals surface area contributed by atoms with Crippen molar-refractivity contribution in [2.45, 2.75) is 76.7 Å². The lowest BCUT2D eigenvalue weighted by molar-refractivity contribution is -0.125. The van der Waals surface area contributed by atoms with E-state index >= 15 is 0 Å². The van der Waals surface area contributed by atoms with E-state index in [2.05, 4.69) is 6.92 Å². The third kappa shape index (κ3) is 3.31. The van der Waals surface area contributed by atoms with E-state index in [0.717, 1.165) is 31.6 Å². The molecule has 2 unspecified atom stereocenters. The molecule has 17 heavy (non-hydrogen) atoms. The van der Waals surface area contributed by atoms with Crippen LogP contribution in [0.2, 0.25) is 0 Å². The molecule has 2 nitrogen and oxygen atoms in total. The van der Waals surface area contributed by atoms with Crippen LogP contribution in [-0.2, 0) is 4.79 Å². The predicted octanol–water partition coefficient (Wildman–Crippen LogP) is 3.43. The number of nitrogens with two attached hydrogens (primary N) is 1. The van der Waals surface area contributed by atoms with Gasteiger partial charge in [0.05, 0.1) is 0 Å². The van der Waals surface area contributed by atoms with Gasteiger partial charge in [-0.25, -0.2) is 0 Å². The van der Waals surface area contributed by atoms with Gasteiger partial charge in [-0.2, -0.15) is 0 Å². The molecule has 0 aliphatic heterocycles. The molecule has 98 valence electrons. The molecule has 0 radical (unpaired) electrons. The maximum atomic E-state index is 12.3. The smallest absolute Gasteiger partial charge is 0.137 e. The monoisotopic (exact) mass is 237 g/mol. The number of Topliss-reactive ketones (excluding diaryl/α,β-unsaturated/α-hetero) is 1. The highest BCUT2D eigenvalue weighted by Gasteiger charge is 2.35. The molecular weight excluding hydrogens is 210 g/mol. The Kier molecular flexibility index (Phi) is 4.24. The summed E-state index contributed by atoms with van der Waals surface area (Å²) in [5.41, 5.74) is 6.17. The summed E-state index contributed by atoms with van der Waals surface area (Å²) in [7, 11) is 0. The van der Waals surface area contributed by atoms with Gasteiger partial charge in [-0.3, -0.25) is 4.79 Å². The molecule has 2 aliphatic carbocycles. The van der Waals surface area contributed by atoms with Crippen LogP contribution in [-0.4, -0.2) is 11.3 Å². The first-order chi connectivity index (χ1) is 8.13. The van der Waals surface area contributed by atoms with E-state index in [1.165, 1.54) is 32.1 Å². The second-order valence-electron chi connectivity index (χ2n) is 6.35. The lowest BCUT2D eigenvalue weighted by Crippen LogP contribution is -2.40. The van der Waals surface area contributed by atoms with E-state index in [1.54, 1.807) is 0 Å². The minimum absolute atomic E-state index is 0.143. The van der Waals surface area contributed by atoms with Crippen LogP contribution in [0, 0.1) is 11.8 Å². The summed E-state index contributed by atoms with van der Waals surface area (Å²) in [6.45, 7) is 2.25. The maximum Gasteiger partial charge on any atom is 0.137 e. The number of carbonyl (C=O) groups excluding carboxylic acids is 1. The molecule has 2 aliphatic rings. The third-order valence-electron chi connectivity index (χ3n) is 4.94. The Morgan fingerprint density at radius 2 is 1.94 bits per heavy atom. The van der Waals surface area contributed by atoms with Crippen LogP contribution in [0.25, 0.3) is 0 Å². The average molecular weight is 237 g/mol. The highest BCUT2D eigenvalue weighted by molar-refractivity contribution is 5.82. The molecule has 2 saturated carbocycles. The zero-order valence-electron chi connectivity index (χ0n) is 11.2. The largest absolute Gasteiger partial charge is 0.325 e. The average Bonchev–Trinajstić information content (AvgIpc) is 2.76. The van der Waals surface area contributed by atoms with Gasteiger partial charge in [-0.15, -0.1) is 0 Å². The fourth-order valence-electron chi connectivity index (χ4n) is 3.70. The Labute approximate surface area is 105 Å². The molecule has 0 bridgehead atoms. The summed E-state index contributed by atoms with van der Waals surface area (Å²) in [5.74, 6) is 1.58. The topological polar surface area (TPSA) is 43.1 Å². The van der Waals surface area contributed by atoms with Crippen LogP contribution < -0.4 is 5.73 Å². The fourth-order valence-corrected chi connectivity index (χ4v) is 3.70. The first kappa shape index (κ1) is 13.1. The van der Waals surface area contributed by atoms with Crippen LogP contribution in [0.15, 0.2) is 0 Å². The van der Waals surface area contributed by atoms with Gasteiger partial charge in [0.1, 0.15) is 5.78 Å². The summed E-state index contributed by atoms with van der Waals surface area (Å²) in [4.78, 5) is 12.3. The molecule has 2 fully saturated rings. The number of rotatable bonds is 4. The van der Waals surface area contributed by atoms with E-state index in [1.807, 2.05) is 0 Å². The molecule has 2 N–H and O–H groups in total. The van der Waals surface area contributed by atoms with Crippen molar-refractivity contribution >= 4 is 5.78 Å². The quantitative estimate of drug-likeness (QED) is 0.814. The van der Waals surface area contributed by atoms with Gasteiger partial charge in [-0.1, -0.05) is 39.0 Å². The Morgan fingerprint density at radius 3 is 2.59 bits per heavy atom. The van der Waals surface area contributed by atoms with Crippen molar-refractivity contribution in [2.24, 2.45) is 17.6 Å². The molecule has 0 spiro atoms. The summed E-state index contributed by atoms with van der Waals surface area (Å²) in [6, 6.07) is 0. The molecule has 2 atom stereocenters. The minimum Gasteiger partial charge on any atom is -0.325 e. The van der Waals surface area contributed by atoms with Crippen LogP contribution in [0.4, 0.5) is 0 Å². The first-order valence-corrected chi connectivity index (χ1v) is 7.44. The van der Waals surface area contributed by atoms with E-state index in [0.29, 0.717) is 18.1 Å². The number of ketones is 1. The van der Waals surface area contributed by atoms with Gasteiger partial charge in [0.2, 0.25) is 0 Å². The van der Waals surface area contributed by atoms with Crippen LogP contribution >= 0.6 is 0 Å². The molecule has 0 saturated heterocycles. The van der Waals surface area contributed by atoms with Crippen molar-refractivity contribution in [3.8, 4) is 0 Å². The highest BCUT2D eigenvalue weighted by atomic mass is 16.1. The molecule has 0 aromatic rings. The van der Waals surface area contributed by atoms with Gasteiger partial charge in [0.15, 0.2) is 0 Å². The van der Waals surface area contributed by atoms with E-state index in [4.69, 9.17) is 5.73 Å². The Hall–Kier alpha value is -0.370. The third-order valence-corrected chi connectivity index (χ3v) is 4.94. The SMILES string of the molecule is CCC1CCCC(C(=O)CC2(N)CCCC2)C1. The van der Waals surface area contributed by atoms with Gasteiger partial charge in [0.25, 0.3) is 0 Å². The summed E-state index contributed by atoms with van der Waals surface area (Å²) < 4.78 is 0. The summed E-state index contributed by atoms with van der Waals surface area (Å²) in [6.07, 6.45) is 11.2.